The van der Waals surface area contributed by atoms with Crippen molar-refractivity contribution >= 4 is 17.6 Å². The third kappa shape index (κ3) is 2.30. The number of aliphatic imine (C=N–C) groups is 1. The normalized spacial score (nSPS) is 24.1. The lowest BCUT2D eigenvalue weighted by molar-refractivity contribution is -0.155. The Hall–Kier alpha value is -2.04. The molecule has 0 saturated carbocycles. The van der Waals surface area contributed by atoms with Crippen LogP contribution in [0.1, 0.15) is 6.92 Å². The van der Waals surface area contributed by atoms with Crippen molar-refractivity contribution in [2.24, 2.45) is 10.9 Å². The molecule has 0 spiro atoms. The molecule has 0 bridgehead atoms. The molecule has 0 amide bonds. The van der Waals surface area contributed by atoms with E-state index in [0.717, 1.165) is 11.4 Å². The third-order valence-electron chi connectivity index (χ3n) is 2.84. The summed E-state index contributed by atoms with van der Waals surface area (Å²) in [5.41, 5.74) is 0.765. The highest BCUT2D eigenvalue weighted by atomic mass is 16.6. The van der Waals surface area contributed by atoms with Gasteiger partial charge >= 0.3 is 5.97 Å². The lowest BCUT2D eigenvalue weighted by Crippen LogP contribution is -2.48. The van der Waals surface area contributed by atoms with Crippen LogP contribution in [0.5, 0.6) is 5.75 Å². The lowest BCUT2D eigenvalue weighted by atomic mass is 9.99. The van der Waals surface area contributed by atoms with E-state index >= 15 is 0 Å². The molecule has 5 heteroatoms. The number of hydrogen-bond donors (Lipinski definition) is 0. The molecule has 96 valence electrons. The first-order chi connectivity index (χ1) is 8.65. The summed E-state index contributed by atoms with van der Waals surface area (Å²) in [6, 6.07) is 7.29. The van der Waals surface area contributed by atoms with Crippen molar-refractivity contribution in [3.63, 3.8) is 0 Å². The molecule has 2 rings (SSSR count). The lowest BCUT2D eigenvalue weighted by Gasteiger charge is -2.33. The smallest absolute Gasteiger partial charge is 0.347 e. The van der Waals surface area contributed by atoms with E-state index in [4.69, 9.17) is 9.47 Å². The van der Waals surface area contributed by atoms with Gasteiger partial charge in [-0.15, -0.1) is 0 Å². The number of rotatable bonds is 3. The summed E-state index contributed by atoms with van der Waals surface area (Å²) in [5, 5.41) is 0. The third-order valence-corrected chi connectivity index (χ3v) is 2.84. The van der Waals surface area contributed by atoms with Crippen LogP contribution >= 0.6 is 0 Å². The van der Waals surface area contributed by atoms with Gasteiger partial charge in [0, 0.05) is 0 Å². The molecule has 0 radical (unpaired) electrons. The highest BCUT2D eigenvalue weighted by Gasteiger charge is 2.42. The Kier molecular flexibility index (Phi) is 3.50. The minimum absolute atomic E-state index is 0.0560. The molecular weight excluding hydrogens is 234 g/mol. The molecule has 0 aliphatic carbocycles. The summed E-state index contributed by atoms with van der Waals surface area (Å²) in [6.45, 7) is 1.88. The van der Waals surface area contributed by atoms with Crippen LogP contribution in [0, 0.1) is 5.92 Å². The van der Waals surface area contributed by atoms with Crippen LogP contribution in [0.15, 0.2) is 29.3 Å². The maximum Gasteiger partial charge on any atom is 0.347 e. The Bertz CT molecular complexity index is 466. The number of hydrogen-bond acceptors (Lipinski definition) is 5. The molecule has 1 aromatic carbocycles. The molecule has 1 fully saturated rings. The maximum absolute atomic E-state index is 11.3. The van der Waals surface area contributed by atoms with Crippen LogP contribution in [0.4, 0.5) is 5.69 Å². The predicted octanol–water partition coefficient (Wildman–Crippen LogP) is 1.93. The SMILES string of the molecule is COC(=O)[C@H]1OC(=Nc2ccc(OC)cc2)[C@@H]1C. The van der Waals surface area contributed by atoms with Crippen LogP contribution < -0.4 is 4.74 Å². The number of esters is 1. The second kappa shape index (κ2) is 5.08. The number of ether oxygens (including phenoxy) is 3. The summed E-state index contributed by atoms with van der Waals surface area (Å²) >= 11 is 0. The van der Waals surface area contributed by atoms with Gasteiger partial charge in [-0.2, -0.15) is 0 Å². The minimum atomic E-state index is -0.535. The summed E-state index contributed by atoms with van der Waals surface area (Å²) in [4.78, 5) is 15.6. The van der Waals surface area contributed by atoms with E-state index in [1.165, 1.54) is 7.11 Å². The first-order valence-corrected chi connectivity index (χ1v) is 5.63. The first-order valence-electron chi connectivity index (χ1n) is 5.63. The van der Waals surface area contributed by atoms with Gasteiger partial charge < -0.3 is 14.2 Å². The van der Waals surface area contributed by atoms with Crippen molar-refractivity contribution in [3.8, 4) is 5.75 Å². The molecule has 0 unspecified atom stereocenters. The molecule has 1 heterocycles. The van der Waals surface area contributed by atoms with Gasteiger partial charge in [-0.05, 0) is 31.2 Å². The largest absolute Gasteiger partial charge is 0.497 e. The molecule has 1 aromatic rings. The quantitative estimate of drug-likeness (QED) is 0.768. The molecule has 0 aromatic heterocycles. The van der Waals surface area contributed by atoms with Gasteiger partial charge in [-0.25, -0.2) is 9.79 Å². The van der Waals surface area contributed by atoms with Crippen molar-refractivity contribution in [1.29, 1.82) is 0 Å². The maximum atomic E-state index is 11.3. The van der Waals surface area contributed by atoms with Crippen LogP contribution in [-0.2, 0) is 14.3 Å². The van der Waals surface area contributed by atoms with Gasteiger partial charge in [0.25, 0.3) is 0 Å². The zero-order valence-electron chi connectivity index (χ0n) is 10.5. The van der Waals surface area contributed by atoms with Crippen LogP contribution in [0.3, 0.4) is 0 Å². The molecular formula is C13H15NO4. The van der Waals surface area contributed by atoms with Gasteiger partial charge in [0.2, 0.25) is 6.10 Å². The summed E-state index contributed by atoms with van der Waals surface area (Å²) < 4.78 is 15.0. The molecule has 1 aliphatic heterocycles. The summed E-state index contributed by atoms with van der Waals surface area (Å²) in [5.74, 6) is 0.903. The Labute approximate surface area is 105 Å². The zero-order chi connectivity index (χ0) is 13.1. The molecule has 1 saturated heterocycles. The fourth-order valence-electron chi connectivity index (χ4n) is 1.68. The first kappa shape index (κ1) is 12.4. The second-order valence-electron chi connectivity index (χ2n) is 4.00. The Morgan fingerprint density at radius 3 is 2.44 bits per heavy atom. The van der Waals surface area contributed by atoms with E-state index in [0.29, 0.717) is 5.90 Å². The molecule has 2 atom stereocenters. The van der Waals surface area contributed by atoms with Crippen LogP contribution in [-0.4, -0.2) is 32.2 Å². The monoisotopic (exact) mass is 249 g/mol. The van der Waals surface area contributed by atoms with E-state index in [1.807, 2.05) is 31.2 Å². The zero-order valence-corrected chi connectivity index (χ0v) is 10.5. The van der Waals surface area contributed by atoms with Crippen molar-refractivity contribution in [1.82, 2.24) is 0 Å². The van der Waals surface area contributed by atoms with Crippen molar-refractivity contribution < 1.29 is 19.0 Å². The number of carbonyl (C=O) groups is 1. The fraction of sp³-hybridized carbons (Fsp3) is 0.385. The molecule has 5 nitrogen and oxygen atoms in total. The minimum Gasteiger partial charge on any atom is -0.497 e. The molecule has 18 heavy (non-hydrogen) atoms. The Balaban J connectivity index is 2.05. The van der Waals surface area contributed by atoms with Gasteiger partial charge in [0.15, 0.2) is 5.90 Å². The molecule has 0 N–H and O–H groups in total. The van der Waals surface area contributed by atoms with Crippen LogP contribution in [0.2, 0.25) is 0 Å². The molecule has 1 aliphatic rings. The van der Waals surface area contributed by atoms with E-state index in [9.17, 15) is 4.79 Å². The topological polar surface area (TPSA) is 57.1 Å². The number of benzene rings is 1. The van der Waals surface area contributed by atoms with E-state index in [2.05, 4.69) is 9.73 Å². The van der Waals surface area contributed by atoms with Crippen molar-refractivity contribution in [2.75, 3.05) is 14.2 Å². The summed E-state index contributed by atoms with van der Waals surface area (Å²) in [6.07, 6.45) is -0.535. The van der Waals surface area contributed by atoms with Gasteiger partial charge in [-0.1, -0.05) is 0 Å². The van der Waals surface area contributed by atoms with Gasteiger partial charge in [0.05, 0.1) is 25.8 Å². The van der Waals surface area contributed by atoms with Crippen molar-refractivity contribution in [2.45, 2.75) is 13.0 Å². The Morgan fingerprint density at radius 1 is 1.28 bits per heavy atom. The average molecular weight is 249 g/mol. The number of nitrogens with zero attached hydrogens (tertiary/aromatic N) is 1. The second-order valence-corrected chi connectivity index (χ2v) is 4.00. The fourth-order valence-corrected chi connectivity index (χ4v) is 1.68. The summed E-state index contributed by atoms with van der Waals surface area (Å²) in [7, 11) is 2.95. The van der Waals surface area contributed by atoms with Gasteiger partial charge in [0.1, 0.15) is 5.75 Å². The predicted molar refractivity (Wildman–Crippen MR) is 66.1 cm³/mol. The standard InChI is InChI=1S/C13H15NO4/c1-8-11(13(15)17-3)18-12(8)14-9-4-6-10(16-2)7-5-9/h4-8,11H,1-3H3/t8-,11+/m1/s1. The van der Waals surface area contributed by atoms with Crippen molar-refractivity contribution in [3.05, 3.63) is 24.3 Å². The van der Waals surface area contributed by atoms with E-state index in [1.54, 1.807) is 7.11 Å². The van der Waals surface area contributed by atoms with E-state index < -0.39 is 6.10 Å². The highest BCUT2D eigenvalue weighted by Crippen LogP contribution is 2.27. The Morgan fingerprint density at radius 2 is 1.94 bits per heavy atom. The number of methoxy groups -OCH3 is 2. The van der Waals surface area contributed by atoms with E-state index in [-0.39, 0.29) is 11.9 Å². The van der Waals surface area contributed by atoms with Gasteiger partial charge in [-0.3, -0.25) is 0 Å². The van der Waals surface area contributed by atoms with Crippen LogP contribution in [0.25, 0.3) is 0 Å². The number of carbonyl (C=O) groups excluding carboxylic acids is 1. The highest BCUT2D eigenvalue weighted by molar-refractivity contribution is 5.95. The average Bonchev–Trinajstić information content (AvgIpc) is 2.42.